The number of nitrogens with one attached hydrogen (secondary N) is 1. The Morgan fingerprint density at radius 2 is 1.39 bits per heavy atom. The average Bonchev–Trinajstić information content (AvgIpc) is 3.31. The third-order valence-electron chi connectivity index (χ3n) is 7.63. The number of amides is 1. The SMILES string of the molecule is N#Cc1c(-c2ccccc2)c(-c2ccccc2)n(C2CCCCC2)c1NC(=O)c1cccc2ccccc12. The zero-order valence-electron chi connectivity index (χ0n) is 21.2. The van der Waals surface area contributed by atoms with Crippen molar-refractivity contribution < 1.29 is 4.79 Å². The molecule has 0 radical (unpaired) electrons. The molecule has 186 valence electrons. The van der Waals surface area contributed by atoms with E-state index in [9.17, 15) is 10.1 Å². The molecule has 1 aromatic heterocycles. The van der Waals surface area contributed by atoms with Crippen LogP contribution in [0.1, 0.15) is 54.1 Å². The van der Waals surface area contributed by atoms with Gasteiger partial charge in [0.25, 0.3) is 5.91 Å². The summed E-state index contributed by atoms with van der Waals surface area (Å²) in [6, 6.07) is 36.7. The molecule has 0 atom stereocenters. The van der Waals surface area contributed by atoms with Crippen molar-refractivity contribution >= 4 is 22.5 Å². The molecule has 0 saturated heterocycles. The fourth-order valence-electron chi connectivity index (χ4n) is 5.89. The Morgan fingerprint density at radius 1 is 0.763 bits per heavy atom. The van der Waals surface area contributed by atoms with Crippen molar-refractivity contribution in [1.29, 1.82) is 5.26 Å². The molecule has 0 spiro atoms. The Kier molecular flexibility index (Phi) is 6.50. The molecular formula is C34H29N3O. The summed E-state index contributed by atoms with van der Waals surface area (Å²) >= 11 is 0. The van der Waals surface area contributed by atoms with Gasteiger partial charge in [0, 0.05) is 17.2 Å². The van der Waals surface area contributed by atoms with E-state index in [1.807, 2.05) is 91.0 Å². The minimum Gasteiger partial charge on any atom is -0.322 e. The van der Waals surface area contributed by atoms with E-state index in [1.54, 1.807) is 0 Å². The van der Waals surface area contributed by atoms with Crippen molar-refractivity contribution in [3.63, 3.8) is 0 Å². The molecule has 4 aromatic carbocycles. The number of rotatable bonds is 5. The lowest BCUT2D eigenvalue weighted by Gasteiger charge is -2.28. The van der Waals surface area contributed by atoms with Gasteiger partial charge in [-0.1, -0.05) is 116 Å². The van der Waals surface area contributed by atoms with Crippen LogP contribution in [0.5, 0.6) is 0 Å². The summed E-state index contributed by atoms with van der Waals surface area (Å²) in [5, 5.41) is 15.7. The minimum absolute atomic E-state index is 0.200. The highest BCUT2D eigenvalue weighted by atomic mass is 16.1. The van der Waals surface area contributed by atoms with Gasteiger partial charge in [0.15, 0.2) is 0 Å². The predicted octanol–water partition coefficient (Wildman–Crippen LogP) is 8.60. The van der Waals surface area contributed by atoms with E-state index in [1.165, 1.54) is 6.42 Å². The Morgan fingerprint density at radius 3 is 2.11 bits per heavy atom. The summed E-state index contributed by atoms with van der Waals surface area (Å²) in [6.45, 7) is 0. The molecule has 1 fully saturated rings. The number of hydrogen-bond donors (Lipinski definition) is 1. The molecule has 4 nitrogen and oxygen atoms in total. The first-order chi connectivity index (χ1) is 18.8. The van der Waals surface area contributed by atoms with Crippen molar-refractivity contribution in [2.24, 2.45) is 0 Å². The lowest BCUT2D eigenvalue weighted by molar-refractivity contribution is 0.102. The lowest BCUT2D eigenvalue weighted by Crippen LogP contribution is -2.20. The van der Waals surface area contributed by atoms with Gasteiger partial charge < -0.3 is 9.88 Å². The van der Waals surface area contributed by atoms with Crippen LogP contribution in [0.3, 0.4) is 0 Å². The molecule has 1 N–H and O–H groups in total. The Bertz CT molecular complexity index is 1630. The summed E-state index contributed by atoms with van der Waals surface area (Å²) in [4.78, 5) is 13.9. The first-order valence-electron chi connectivity index (χ1n) is 13.3. The van der Waals surface area contributed by atoms with E-state index >= 15 is 0 Å². The monoisotopic (exact) mass is 495 g/mol. The smallest absolute Gasteiger partial charge is 0.257 e. The summed E-state index contributed by atoms with van der Waals surface area (Å²) in [5.41, 5.74) is 4.99. The van der Waals surface area contributed by atoms with Crippen LogP contribution in [0.25, 0.3) is 33.2 Å². The van der Waals surface area contributed by atoms with Crippen LogP contribution in [-0.2, 0) is 0 Å². The second-order valence-electron chi connectivity index (χ2n) is 9.93. The summed E-state index contributed by atoms with van der Waals surface area (Å²) in [7, 11) is 0. The molecule has 38 heavy (non-hydrogen) atoms. The number of carbonyl (C=O) groups is 1. The number of nitrogens with zero attached hydrogens (tertiary/aromatic N) is 2. The number of fused-ring (bicyclic) bond motifs is 1. The maximum absolute atomic E-state index is 13.9. The standard InChI is InChI=1S/C34H29N3O/c35-23-30-31(25-14-4-1-5-15-25)32(26-16-6-2-7-17-26)37(27-19-8-3-9-20-27)33(30)36-34(38)29-22-12-18-24-13-10-11-21-28(24)29/h1-2,4-7,10-18,21-22,27H,3,8-9,19-20H2,(H,36,38). The Labute approximate surface area is 223 Å². The van der Waals surface area contributed by atoms with Gasteiger partial charge in [-0.15, -0.1) is 0 Å². The second-order valence-corrected chi connectivity index (χ2v) is 9.93. The fourth-order valence-corrected chi connectivity index (χ4v) is 5.89. The van der Waals surface area contributed by atoms with Gasteiger partial charge >= 0.3 is 0 Å². The predicted molar refractivity (Wildman–Crippen MR) is 154 cm³/mol. The lowest BCUT2D eigenvalue weighted by atomic mass is 9.94. The first kappa shape index (κ1) is 23.8. The second kappa shape index (κ2) is 10.4. The molecule has 6 rings (SSSR count). The summed E-state index contributed by atoms with van der Waals surface area (Å²) in [5.74, 6) is 0.391. The van der Waals surface area contributed by atoms with Crippen LogP contribution in [0.15, 0.2) is 103 Å². The van der Waals surface area contributed by atoms with Crippen molar-refractivity contribution in [2.45, 2.75) is 38.1 Å². The number of benzene rings is 4. The number of hydrogen-bond acceptors (Lipinski definition) is 2. The van der Waals surface area contributed by atoms with Crippen molar-refractivity contribution in [1.82, 2.24) is 4.57 Å². The molecule has 0 unspecified atom stereocenters. The van der Waals surface area contributed by atoms with Crippen LogP contribution in [-0.4, -0.2) is 10.5 Å². The zero-order valence-corrected chi connectivity index (χ0v) is 21.2. The summed E-state index contributed by atoms with van der Waals surface area (Å²) < 4.78 is 2.26. The highest BCUT2D eigenvalue weighted by molar-refractivity contribution is 6.13. The van der Waals surface area contributed by atoms with E-state index in [-0.39, 0.29) is 11.9 Å². The number of carbonyl (C=O) groups excluding carboxylic acids is 1. The molecule has 1 aliphatic rings. The number of aromatic nitrogens is 1. The third-order valence-corrected chi connectivity index (χ3v) is 7.63. The third kappa shape index (κ3) is 4.27. The molecule has 4 heteroatoms. The van der Waals surface area contributed by atoms with Gasteiger partial charge in [-0.2, -0.15) is 5.26 Å². The van der Waals surface area contributed by atoms with Gasteiger partial charge in [-0.05, 0) is 40.8 Å². The van der Waals surface area contributed by atoms with Crippen LogP contribution < -0.4 is 5.32 Å². The maximum atomic E-state index is 13.9. The molecule has 1 saturated carbocycles. The minimum atomic E-state index is -0.202. The molecule has 5 aromatic rings. The zero-order chi connectivity index (χ0) is 25.9. The highest BCUT2D eigenvalue weighted by Gasteiger charge is 2.31. The van der Waals surface area contributed by atoms with Crippen molar-refractivity contribution in [2.75, 3.05) is 5.32 Å². The topological polar surface area (TPSA) is 57.8 Å². The largest absolute Gasteiger partial charge is 0.322 e. The molecule has 1 aliphatic carbocycles. The van der Waals surface area contributed by atoms with Gasteiger partial charge in [0.2, 0.25) is 0 Å². The van der Waals surface area contributed by atoms with E-state index in [2.05, 4.69) is 28.1 Å². The van der Waals surface area contributed by atoms with Crippen LogP contribution >= 0.6 is 0 Å². The Balaban J connectivity index is 1.60. The van der Waals surface area contributed by atoms with Gasteiger partial charge in [0.05, 0.1) is 5.69 Å². The van der Waals surface area contributed by atoms with Crippen molar-refractivity contribution in [3.8, 4) is 28.5 Å². The molecule has 0 aliphatic heterocycles. The van der Waals surface area contributed by atoms with Crippen LogP contribution in [0, 0.1) is 11.3 Å². The molecular weight excluding hydrogens is 466 g/mol. The average molecular weight is 496 g/mol. The highest BCUT2D eigenvalue weighted by Crippen LogP contribution is 2.46. The first-order valence-corrected chi connectivity index (χ1v) is 13.3. The number of nitriles is 1. The Hall–Kier alpha value is -4.62. The molecule has 0 bridgehead atoms. The van der Waals surface area contributed by atoms with Crippen LogP contribution in [0.2, 0.25) is 0 Å². The van der Waals surface area contributed by atoms with E-state index in [0.29, 0.717) is 16.9 Å². The van der Waals surface area contributed by atoms with Crippen LogP contribution in [0.4, 0.5) is 5.82 Å². The van der Waals surface area contributed by atoms with E-state index in [4.69, 9.17) is 0 Å². The maximum Gasteiger partial charge on any atom is 0.257 e. The molecule has 1 heterocycles. The van der Waals surface area contributed by atoms with E-state index in [0.717, 1.165) is 58.8 Å². The van der Waals surface area contributed by atoms with Crippen molar-refractivity contribution in [3.05, 3.63) is 114 Å². The number of anilines is 1. The summed E-state index contributed by atoms with van der Waals surface area (Å²) in [6.07, 6.45) is 5.52. The van der Waals surface area contributed by atoms with Gasteiger partial charge in [-0.25, -0.2) is 0 Å². The van der Waals surface area contributed by atoms with Gasteiger partial charge in [0.1, 0.15) is 17.5 Å². The molecule has 1 amide bonds. The fraction of sp³-hybridized carbons (Fsp3) is 0.176. The quantitative estimate of drug-likeness (QED) is 0.265. The van der Waals surface area contributed by atoms with Gasteiger partial charge in [-0.3, -0.25) is 4.79 Å². The van der Waals surface area contributed by atoms with E-state index < -0.39 is 0 Å². The normalized spacial score (nSPS) is 13.8.